The van der Waals surface area contributed by atoms with Crippen molar-refractivity contribution in [3.05, 3.63) is 18.1 Å². The fourth-order valence-electron chi connectivity index (χ4n) is 0.686. The van der Waals surface area contributed by atoms with Crippen LogP contribution in [0.2, 0.25) is 0 Å². The number of fused-ring (bicyclic) bond motifs is 1. The summed E-state index contributed by atoms with van der Waals surface area (Å²) in [5.41, 5.74) is 0.528. The molecule has 9 heavy (non-hydrogen) atoms. The molecule has 0 atom stereocenters. The highest BCUT2D eigenvalue weighted by Gasteiger charge is 2.19. The third-order valence-electron chi connectivity index (χ3n) is 1.09. The Labute approximate surface area is 50.2 Å². The number of rotatable bonds is 0. The van der Waals surface area contributed by atoms with E-state index >= 15 is 0 Å². The molecule has 1 aliphatic heterocycles. The van der Waals surface area contributed by atoms with Crippen LogP contribution in [0, 0.1) is 0 Å². The quantitative estimate of drug-likeness (QED) is 0.523. The predicted octanol–water partition coefficient (Wildman–Crippen LogP) is 1.52. The van der Waals surface area contributed by atoms with Gasteiger partial charge in [-0.1, -0.05) is 0 Å². The molecule has 2 rings (SSSR count). The van der Waals surface area contributed by atoms with E-state index in [4.69, 9.17) is 4.42 Å². The van der Waals surface area contributed by atoms with Crippen molar-refractivity contribution in [3.8, 4) is 0 Å². The first-order valence-electron chi connectivity index (χ1n) is 2.41. The van der Waals surface area contributed by atoms with Crippen LogP contribution in [0.1, 0.15) is 10.6 Å². The molecule has 0 saturated carbocycles. The molecule has 0 bridgehead atoms. The Morgan fingerprint density at radius 1 is 1.44 bits per heavy atom. The van der Waals surface area contributed by atoms with Crippen LogP contribution >= 0.6 is 0 Å². The second-order valence-electron chi connectivity index (χ2n) is 1.64. The monoisotopic (exact) mass is 122 g/mol. The van der Waals surface area contributed by atoms with Crippen molar-refractivity contribution in [2.75, 3.05) is 0 Å². The van der Waals surface area contributed by atoms with Gasteiger partial charge < -0.3 is 4.42 Å². The fourth-order valence-corrected chi connectivity index (χ4v) is 0.686. The number of nitrogens with zero attached hydrogens (tertiary/aromatic N) is 2. The first-order chi connectivity index (χ1) is 4.38. The van der Waals surface area contributed by atoms with Gasteiger partial charge in [-0.2, -0.15) is 0 Å². The normalized spacial score (nSPS) is 14.4. The average Bonchev–Trinajstić information content (AvgIpc) is 2.35. The molecule has 1 aliphatic rings. The van der Waals surface area contributed by atoms with Gasteiger partial charge in [0.15, 0.2) is 0 Å². The van der Waals surface area contributed by atoms with E-state index in [1.165, 1.54) is 6.26 Å². The molecule has 2 heterocycles. The summed E-state index contributed by atoms with van der Waals surface area (Å²) in [5, 5.41) is 6.78. The van der Waals surface area contributed by atoms with E-state index in [2.05, 4.69) is 10.2 Å². The van der Waals surface area contributed by atoms with Gasteiger partial charge in [0.25, 0.3) is 0 Å². The summed E-state index contributed by atoms with van der Waals surface area (Å²) < 4.78 is 4.75. The predicted molar refractivity (Wildman–Crippen MR) is 27.6 cm³/mol. The molecular formula is C5H2N2O2. The topological polar surface area (TPSA) is 54.9 Å². The summed E-state index contributed by atoms with van der Waals surface area (Å²) in [4.78, 5) is 10.6. The largest absolute Gasteiger partial charge is 0.457 e. The van der Waals surface area contributed by atoms with Crippen LogP contribution < -0.4 is 0 Å². The van der Waals surface area contributed by atoms with Gasteiger partial charge in [-0.25, -0.2) is 0 Å². The lowest BCUT2D eigenvalue weighted by Crippen LogP contribution is -1.83. The molecule has 0 fully saturated rings. The van der Waals surface area contributed by atoms with Gasteiger partial charge in [0.2, 0.25) is 5.76 Å². The third kappa shape index (κ3) is 0.440. The fraction of sp³-hybridized carbons (Fsp3) is 0. The molecule has 4 nitrogen and oxygen atoms in total. The maximum absolute atomic E-state index is 10.6. The summed E-state index contributed by atoms with van der Waals surface area (Å²) in [6.45, 7) is 0. The van der Waals surface area contributed by atoms with Crippen molar-refractivity contribution in [1.29, 1.82) is 0 Å². The zero-order valence-corrected chi connectivity index (χ0v) is 4.37. The molecule has 0 radical (unpaired) electrons. The number of amides is 1. The summed E-state index contributed by atoms with van der Waals surface area (Å²) in [6, 6.07) is 1.60. The number of azo groups is 1. The lowest BCUT2D eigenvalue weighted by molar-refractivity contribution is 0.0977. The number of carbonyl (C=O) groups is 1. The SMILES string of the molecule is O=C1N=Nc2ccoc21. The smallest absolute Gasteiger partial charge is 0.333 e. The molecule has 0 spiro atoms. The third-order valence-corrected chi connectivity index (χ3v) is 1.09. The molecule has 44 valence electrons. The van der Waals surface area contributed by atoms with Crippen molar-refractivity contribution >= 4 is 11.6 Å². The van der Waals surface area contributed by atoms with Crippen molar-refractivity contribution < 1.29 is 9.21 Å². The lowest BCUT2D eigenvalue weighted by Gasteiger charge is -1.75. The number of carbonyl (C=O) groups excluding carboxylic acids is 1. The van der Waals surface area contributed by atoms with Crippen LogP contribution in [0.5, 0.6) is 0 Å². The second kappa shape index (κ2) is 1.28. The Morgan fingerprint density at radius 2 is 2.33 bits per heavy atom. The van der Waals surface area contributed by atoms with Gasteiger partial charge in [-0.05, 0) is 0 Å². The molecule has 0 saturated heterocycles. The van der Waals surface area contributed by atoms with Crippen molar-refractivity contribution in [1.82, 2.24) is 0 Å². The average molecular weight is 122 g/mol. The molecule has 1 aromatic heterocycles. The van der Waals surface area contributed by atoms with E-state index in [0.717, 1.165) is 0 Å². The summed E-state index contributed by atoms with van der Waals surface area (Å²) in [7, 11) is 0. The molecule has 0 N–H and O–H groups in total. The molecule has 1 aromatic rings. The number of hydrogen-bond donors (Lipinski definition) is 0. The van der Waals surface area contributed by atoms with E-state index in [1.54, 1.807) is 6.07 Å². The minimum absolute atomic E-state index is 0.245. The van der Waals surface area contributed by atoms with E-state index in [-0.39, 0.29) is 5.76 Å². The van der Waals surface area contributed by atoms with Crippen LogP contribution in [-0.4, -0.2) is 5.91 Å². The molecule has 0 unspecified atom stereocenters. The highest BCUT2D eigenvalue weighted by atomic mass is 16.3. The molecule has 0 aromatic carbocycles. The first kappa shape index (κ1) is 4.43. The second-order valence-corrected chi connectivity index (χ2v) is 1.64. The first-order valence-corrected chi connectivity index (χ1v) is 2.41. The Bertz CT molecular complexity index is 287. The van der Waals surface area contributed by atoms with Gasteiger partial charge in [0, 0.05) is 6.07 Å². The Balaban J connectivity index is 2.73. The Morgan fingerprint density at radius 3 is 3.11 bits per heavy atom. The highest BCUT2D eigenvalue weighted by Crippen LogP contribution is 2.26. The van der Waals surface area contributed by atoms with Crippen LogP contribution in [0.25, 0.3) is 0 Å². The highest BCUT2D eigenvalue weighted by molar-refractivity contribution is 5.98. The number of hydrogen-bond acceptors (Lipinski definition) is 3. The van der Waals surface area contributed by atoms with Gasteiger partial charge >= 0.3 is 5.91 Å². The molecule has 1 amide bonds. The lowest BCUT2D eigenvalue weighted by atomic mass is 10.4. The summed E-state index contributed by atoms with van der Waals surface area (Å²) >= 11 is 0. The van der Waals surface area contributed by atoms with E-state index < -0.39 is 5.91 Å². The van der Waals surface area contributed by atoms with Crippen molar-refractivity contribution in [2.45, 2.75) is 0 Å². The van der Waals surface area contributed by atoms with Crippen LogP contribution in [-0.2, 0) is 0 Å². The van der Waals surface area contributed by atoms with Gasteiger partial charge in [0.05, 0.1) is 6.26 Å². The molecular weight excluding hydrogens is 120 g/mol. The maximum Gasteiger partial charge on any atom is 0.333 e. The summed E-state index contributed by atoms with van der Waals surface area (Å²) in [6.07, 6.45) is 1.42. The van der Waals surface area contributed by atoms with Gasteiger partial charge in [0.1, 0.15) is 5.69 Å². The van der Waals surface area contributed by atoms with E-state index in [0.29, 0.717) is 5.69 Å². The van der Waals surface area contributed by atoms with Crippen LogP contribution in [0.4, 0.5) is 5.69 Å². The maximum atomic E-state index is 10.6. The standard InChI is InChI=1S/C5H2N2O2/c8-5-4-3(6-7-5)1-2-9-4/h1-2H. The molecule has 0 aliphatic carbocycles. The summed E-state index contributed by atoms with van der Waals surface area (Å²) in [5.74, 6) is -0.148. The van der Waals surface area contributed by atoms with Crippen LogP contribution in [0.3, 0.4) is 0 Å². The Kier molecular flexibility index (Phi) is 0.631. The van der Waals surface area contributed by atoms with Crippen molar-refractivity contribution in [3.63, 3.8) is 0 Å². The number of furan rings is 1. The van der Waals surface area contributed by atoms with Crippen LogP contribution in [0.15, 0.2) is 27.0 Å². The van der Waals surface area contributed by atoms with E-state index in [9.17, 15) is 4.79 Å². The van der Waals surface area contributed by atoms with Gasteiger partial charge in [-0.3, -0.25) is 4.79 Å². The zero-order valence-electron chi connectivity index (χ0n) is 4.37. The molecule has 4 heteroatoms. The minimum atomic E-state index is -0.394. The minimum Gasteiger partial charge on any atom is -0.457 e. The van der Waals surface area contributed by atoms with Crippen molar-refractivity contribution in [2.24, 2.45) is 10.2 Å². The van der Waals surface area contributed by atoms with Gasteiger partial charge in [-0.15, -0.1) is 10.2 Å². The van der Waals surface area contributed by atoms with E-state index in [1.807, 2.05) is 0 Å². The zero-order chi connectivity index (χ0) is 6.27. The Hall–Kier alpha value is -1.45.